The SMILES string of the molecule is CC(N)CCc1ccc(OCc2cnn(C)c2)cc1. The van der Waals surface area contributed by atoms with Crippen LogP contribution >= 0.6 is 0 Å². The summed E-state index contributed by atoms with van der Waals surface area (Å²) >= 11 is 0. The first-order valence-corrected chi connectivity index (χ1v) is 6.58. The van der Waals surface area contributed by atoms with Gasteiger partial charge in [0, 0.05) is 24.8 Å². The van der Waals surface area contributed by atoms with Crippen LogP contribution in [0.3, 0.4) is 0 Å². The molecule has 1 aromatic heterocycles. The molecule has 0 aliphatic carbocycles. The van der Waals surface area contributed by atoms with E-state index in [9.17, 15) is 0 Å². The van der Waals surface area contributed by atoms with Gasteiger partial charge < -0.3 is 10.5 Å². The predicted octanol–water partition coefficient (Wildman–Crippen LogP) is 2.28. The van der Waals surface area contributed by atoms with Crippen molar-refractivity contribution in [2.45, 2.75) is 32.4 Å². The third kappa shape index (κ3) is 4.41. The van der Waals surface area contributed by atoms with E-state index >= 15 is 0 Å². The first kappa shape index (κ1) is 13.6. The number of nitrogens with zero attached hydrogens (tertiary/aromatic N) is 2. The van der Waals surface area contributed by atoms with Crippen LogP contribution in [0.5, 0.6) is 5.75 Å². The maximum absolute atomic E-state index is 5.75. The fourth-order valence-electron chi connectivity index (χ4n) is 1.86. The van der Waals surface area contributed by atoms with Gasteiger partial charge >= 0.3 is 0 Å². The molecule has 0 amide bonds. The molecule has 1 atom stereocenters. The second-order valence-electron chi connectivity index (χ2n) is 4.97. The van der Waals surface area contributed by atoms with E-state index in [1.165, 1.54) is 5.56 Å². The smallest absolute Gasteiger partial charge is 0.119 e. The van der Waals surface area contributed by atoms with Crippen molar-refractivity contribution < 1.29 is 4.74 Å². The van der Waals surface area contributed by atoms with Crippen LogP contribution in [0.1, 0.15) is 24.5 Å². The van der Waals surface area contributed by atoms with Crippen LogP contribution in [-0.4, -0.2) is 15.8 Å². The zero-order chi connectivity index (χ0) is 13.7. The molecule has 2 aromatic rings. The number of hydrogen-bond acceptors (Lipinski definition) is 3. The Kier molecular flexibility index (Phi) is 4.58. The average molecular weight is 259 g/mol. The number of benzene rings is 1. The highest BCUT2D eigenvalue weighted by atomic mass is 16.5. The van der Waals surface area contributed by atoms with Crippen LogP contribution in [0.2, 0.25) is 0 Å². The van der Waals surface area contributed by atoms with Crippen molar-refractivity contribution in [3.63, 3.8) is 0 Å². The number of aromatic nitrogens is 2. The van der Waals surface area contributed by atoms with E-state index in [1.807, 2.05) is 38.5 Å². The van der Waals surface area contributed by atoms with E-state index in [4.69, 9.17) is 10.5 Å². The summed E-state index contributed by atoms with van der Waals surface area (Å²) in [5.74, 6) is 0.883. The average Bonchev–Trinajstić information content (AvgIpc) is 2.81. The lowest BCUT2D eigenvalue weighted by Crippen LogP contribution is -2.15. The number of nitrogens with two attached hydrogens (primary N) is 1. The molecule has 2 rings (SSSR count). The number of rotatable bonds is 6. The molecule has 0 fully saturated rings. The molecule has 4 nitrogen and oxygen atoms in total. The molecule has 1 aromatic carbocycles. The Morgan fingerprint density at radius 1 is 1.26 bits per heavy atom. The third-order valence-corrected chi connectivity index (χ3v) is 2.98. The van der Waals surface area contributed by atoms with Crippen molar-refractivity contribution in [1.82, 2.24) is 9.78 Å². The Balaban J connectivity index is 1.84. The lowest BCUT2D eigenvalue weighted by Gasteiger charge is -2.07. The van der Waals surface area contributed by atoms with E-state index in [2.05, 4.69) is 17.2 Å². The van der Waals surface area contributed by atoms with Crippen molar-refractivity contribution >= 4 is 0 Å². The number of hydrogen-bond donors (Lipinski definition) is 1. The monoisotopic (exact) mass is 259 g/mol. The van der Waals surface area contributed by atoms with Gasteiger partial charge in [0.25, 0.3) is 0 Å². The summed E-state index contributed by atoms with van der Waals surface area (Å²) < 4.78 is 7.48. The molecule has 2 N–H and O–H groups in total. The Labute approximate surface area is 114 Å². The molecule has 0 radical (unpaired) electrons. The summed E-state index contributed by atoms with van der Waals surface area (Å²) in [6.45, 7) is 2.58. The normalized spacial score (nSPS) is 12.4. The van der Waals surface area contributed by atoms with Crippen LogP contribution in [0, 0.1) is 0 Å². The van der Waals surface area contributed by atoms with Gasteiger partial charge in [0.15, 0.2) is 0 Å². The predicted molar refractivity (Wildman–Crippen MR) is 76.0 cm³/mol. The van der Waals surface area contributed by atoms with E-state index in [0.29, 0.717) is 6.61 Å². The summed E-state index contributed by atoms with van der Waals surface area (Å²) in [6, 6.07) is 8.46. The van der Waals surface area contributed by atoms with E-state index in [0.717, 1.165) is 24.2 Å². The standard InChI is InChI=1S/C15H21N3O/c1-12(16)3-4-13-5-7-15(8-6-13)19-11-14-9-17-18(2)10-14/h5-10,12H,3-4,11,16H2,1-2H3. The van der Waals surface area contributed by atoms with Gasteiger partial charge in [-0.1, -0.05) is 12.1 Å². The van der Waals surface area contributed by atoms with Gasteiger partial charge in [-0.15, -0.1) is 0 Å². The minimum absolute atomic E-state index is 0.251. The van der Waals surface area contributed by atoms with Gasteiger partial charge in [0.05, 0.1) is 6.20 Å². The molecule has 0 bridgehead atoms. The van der Waals surface area contributed by atoms with Crippen molar-refractivity contribution in [2.75, 3.05) is 0 Å². The quantitative estimate of drug-likeness (QED) is 0.866. The highest BCUT2D eigenvalue weighted by molar-refractivity contribution is 5.27. The topological polar surface area (TPSA) is 53.1 Å². The largest absolute Gasteiger partial charge is 0.489 e. The molecule has 0 saturated carbocycles. The fraction of sp³-hybridized carbons (Fsp3) is 0.400. The van der Waals surface area contributed by atoms with Gasteiger partial charge in [-0.3, -0.25) is 4.68 Å². The molecule has 0 aliphatic rings. The van der Waals surface area contributed by atoms with Gasteiger partial charge in [0.1, 0.15) is 12.4 Å². The van der Waals surface area contributed by atoms with Crippen LogP contribution in [0.15, 0.2) is 36.7 Å². The van der Waals surface area contributed by atoms with Crippen LogP contribution in [0.25, 0.3) is 0 Å². The van der Waals surface area contributed by atoms with E-state index < -0.39 is 0 Å². The summed E-state index contributed by atoms with van der Waals surface area (Å²) in [4.78, 5) is 0. The molecule has 0 spiro atoms. The Bertz CT molecular complexity index is 502. The lowest BCUT2D eigenvalue weighted by atomic mass is 10.1. The first-order chi connectivity index (χ1) is 9.13. The Morgan fingerprint density at radius 2 is 2.00 bits per heavy atom. The summed E-state index contributed by atoms with van der Waals surface area (Å²) in [7, 11) is 1.90. The third-order valence-electron chi connectivity index (χ3n) is 2.98. The zero-order valence-electron chi connectivity index (χ0n) is 11.5. The fourth-order valence-corrected chi connectivity index (χ4v) is 1.86. The molecule has 19 heavy (non-hydrogen) atoms. The highest BCUT2D eigenvalue weighted by Crippen LogP contribution is 2.15. The Hall–Kier alpha value is -1.81. The maximum atomic E-state index is 5.75. The maximum Gasteiger partial charge on any atom is 0.119 e. The molecule has 1 heterocycles. The first-order valence-electron chi connectivity index (χ1n) is 6.58. The van der Waals surface area contributed by atoms with Crippen molar-refractivity contribution in [2.24, 2.45) is 12.8 Å². The van der Waals surface area contributed by atoms with E-state index in [1.54, 1.807) is 4.68 Å². The molecule has 0 saturated heterocycles. The van der Waals surface area contributed by atoms with Crippen molar-refractivity contribution in [3.8, 4) is 5.75 Å². The summed E-state index contributed by atoms with van der Waals surface area (Å²) in [6.07, 6.45) is 5.80. The second kappa shape index (κ2) is 6.38. The molecule has 1 unspecified atom stereocenters. The molecule has 0 aliphatic heterocycles. The van der Waals surface area contributed by atoms with Crippen LogP contribution in [-0.2, 0) is 20.1 Å². The molecule has 4 heteroatoms. The highest BCUT2D eigenvalue weighted by Gasteiger charge is 2.00. The minimum Gasteiger partial charge on any atom is -0.489 e. The van der Waals surface area contributed by atoms with Gasteiger partial charge in [-0.2, -0.15) is 5.10 Å². The van der Waals surface area contributed by atoms with Crippen LogP contribution < -0.4 is 10.5 Å². The summed E-state index contributed by atoms with van der Waals surface area (Å²) in [5, 5.41) is 4.11. The van der Waals surface area contributed by atoms with Crippen molar-refractivity contribution in [1.29, 1.82) is 0 Å². The zero-order valence-corrected chi connectivity index (χ0v) is 11.5. The Morgan fingerprint density at radius 3 is 2.58 bits per heavy atom. The second-order valence-corrected chi connectivity index (χ2v) is 4.97. The van der Waals surface area contributed by atoms with Gasteiger partial charge in [0.2, 0.25) is 0 Å². The van der Waals surface area contributed by atoms with Gasteiger partial charge in [-0.25, -0.2) is 0 Å². The molecule has 102 valence electrons. The van der Waals surface area contributed by atoms with Crippen molar-refractivity contribution in [3.05, 3.63) is 47.8 Å². The van der Waals surface area contributed by atoms with Crippen LogP contribution in [0.4, 0.5) is 0 Å². The lowest BCUT2D eigenvalue weighted by molar-refractivity contribution is 0.306. The molecular weight excluding hydrogens is 238 g/mol. The number of ether oxygens (including phenoxy) is 1. The number of aryl methyl sites for hydroxylation is 2. The van der Waals surface area contributed by atoms with Gasteiger partial charge in [-0.05, 0) is 37.5 Å². The van der Waals surface area contributed by atoms with E-state index in [-0.39, 0.29) is 6.04 Å². The minimum atomic E-state index is 0.251. The summed E-state index contributed by atoms with van der Waals surface area (Å²) in [5.41, 5.74) is 8.12. The molecular formula is C15H21N3O.